The first-order chi connectivity index (χ1) is 23.8. The molecular weight excluding hydrogens is 614 g/mol. The predicted molar refractivity (Wildman–Crippen MR) is 219 cm³/mol. The van der Waals surface area contributed by atoms with Crippen LogP contribution < -0.4 is 26.5 Å². The van der Waals surface area contributed by atoms with E-state index in [0.29, 0.717) is 0 Å². The quantitative estimate of drug-likeness (QED) is 0.0672. The molecule has 6 rings (SSSR count). The summed E-state index contributed by atoms with van der Waals surface area (Å²) in [6.45, 7) is 0. The molecule has 0 saturated carbocycles. The van der Waals surface area contributed by atoms with E-state index in [0.717, 1.165) is 6.16 Å². The monoisotopic (exact) mass is 666 g/mol. The summed E-state index contributed by atoms with van der Waals surface area (Å²) in [5.41, 5.74) is 1.47. The fraction of sp³-hybridized carbons (Fsp3) is 0.217. The van der Waals surface area contributed by atoms with Gasteiger partial charge in [0.05, 0.1) is 0 Å². The Morgan fingerprint density at radius 2 is 0.562 bits per heavy atom. The molecule has 6 aromatic rings. The van der Waals surface area contributed by atoms with E-state index in [1.165, 1.54) is 78.7 Å². The molecule has 0 amide bonds. The molecule has 0 bridgehead atoms. The molecule has 0 aliphatic carbocycles. The Hall–Kier alpha value is -3.82. The molecule has 0 unspecified atom stereocenters. The van der Waals surface area contributed by atoms with E-state index in [-0.39, 0.29) is 0 Å². The summed E-state index contributed by atoms with van der Waals surface area (Å²) in [5, 5.41) is 7.73. The van der Waals surface area contributed by atoms with Crippen molar-refractivity contribution >= 4 is 41.0 Å². The third-order valence-electron chi connectivity index (χ3n) is 10.5. The Morgan fingerprint density at radius 1 is 0.271 bits per heavy atom. The fourth-order valence-electron chi connectivity index (χ4n) is 8.01. The summed E-state index contributed by atoms with van der Waals surface area (Å²) < 4.78 is 0. The van der Waals surface area contributed by atoms with Gasteiger partial charge in [0.2, 0.25) is 0 Å². The average molecular weight is 667 g/mol. The molecular formula is C46H52P2. The topological polar surface area (TPSA) is 0 Å². The van der Waals surface area contributed by atoms with Gasteiger partial charge in [-0.25, -0.2) is 0 Å². The number of unbranched alkanes of at least 4 members (excludes halogenated alkanes) is 6. The molecule has 0 aliphatic heterocycles. The van der Waals surface area contributed by atoms with E-state index >= 15 is 0 Å². The number of hydrogen-bond donors (Lipinski definition) is 0. The number of hydrogen-bond acceptors (Lipinski definition) is 0. The van der Waals surface area contributed by atoms with Gasteiger partial charge in [-0.15, -0.1) is 0 Å². The van der Waals surface area contributed by atoms with Gasteiger partial charge in [-0.05, 0) is 0 Å². The summed E-state index contributed by atoms with van der Waals surface area (Å²) in [7, 11) is -4.10. The Bertz CT molecular complexity index is 1600. The standard InChI is InChI=1S/C46H52P2/c1(3-5-25-39-48(44-32-18-9-19-33-44,45-34-20-10-21-35-45)46-36-22-11-23-37-46)2-4-24-38-47(42-28-14-7-15-29-42,43-30-16-8-17-31-43)40-41-26-12-6-13-27-41/h6-23,26-37,47-48H,1-5,24-25,38-40H2. The summed E-state index contributed by atoms with van der Waals surface area (Å²) in [6, 6.07) is 68.4. The van der Waals surface area contributed by atoms with Crippen LogP contribution in [0.1, 0.15) is 50.5 Å². The van der Waals surface area contributed by atoms with Crippen LogP contribution in [0.3, 0.4) is 0 Å². The van der Waals surface area contributed by atoms with E-state index < -0.39 is 14.5 Å². The molecule has 0 radical (unpaired) electrons. The summed E-state index contributed by atoms with van der Waals surface area (Å²) >= 11 is 0. The van der Waals surface area contributed by atoms with E-state index in [1.807, 2.05) is 0 Å². The van der Waals surface area contributed by atoms with Gasteiger partial charge in [-0.2, -0.15) is 0 Å². The third kappa shape index (κ3) is 8.24. The van der Waals surface area contributed by atoms with Crippen molar-refractivity contribution in [3.05, 3.63) is 188 Å². The zero-order valence-electron chi connectivity index (χ0n) is 28.4. The normalized spacial score (nSPS) is 12.4. The molecule has 0 aliphatic rings. The molecule has 0 aromatic heterocycles. The first-order valence-corrected chi connectivity index (χ1v) is 22.7. The van der Waals surface area contributed by atoms with Crippen molar-refractivity contribution in [2.45, 2.75) is 51.1 Å². The minimum atomic E-state index is -2.12. The van der Waals surface area contributed by atoms with Crippen LogP contribution in [0, 0.1) is 0 Å². The molecule has 2 heteroatoms. The Labute approximate surface area is 291 Å². The first kappa shape index (κ1) is 34.1. The van der Waals surface area contributed by atoms with E-state index in [2.05, 4.69) is 182 Å². The second kappa shape index (κ2) is 17.5. The summed E-state index contributed by atoms with van der Waals surface area (Å²) in [6.07, 6.45) is 12.9. The Balaban J connectivity index is 1.09. The molecule has 0 N–H and O–H groups in total. The van der Waals surface area contributed by atoms with Gasteiger partial charge in [0.15, 0.2) is 0 Å². The van der Waals surface area contributed by atoms with Crippen LogP contribution in [0.5, 0.6) is 0 Å². The van der Waals surface area contributed by atoms with Crippen molar-refractivity contribution in [3.8, 4) is 0 Å². The van der Waals surface area contributed by atoms with E-state index in [1.54, 1.807) is 10.6 Å². The van der Waals surface area contributed by atoms with Crippen molar-refractivity contribution in [2.75, 3.05) is 12.3 Å². The zero-order valence-corrected chi connectivity index (χ0v) is 30.4. The van der Waals surface area contributed by atoms with Crippen LogP contribution in [0.4, 0.5) is 0 Å². The number of benzene rings is 6. The maximum absolute atomic E-state index is 2.41. The van der Waals surface area contributed by atoms with Gasteiger partial charge in [-0.3, -0.25) is 0 Å². The Morgan fingerprint density at radius 3 is 0.938 bits per heavy atom. The maximum atomic E-state index is 2.41. The molecule has 0 heterocycles. The molecule has 246 valence electrons. The molecule has 0 spiro atoms. The third-order valence-corrected chi connectivity index (χ3v) is 20.6. The molecule has 0 nitrogen and oxygen atoms in total. The second-order valence-corrected chi connectivity index (χ2v) is 21.7. The van der Waals surface area contributed by atoms with Gasteiger partial charge in [0.1, 0.15) is 0 Å². The van der Waals surface area contributed by atoms with Gasteiger partial charge in [-0.1, -0.05) is 0 Å². The summed E-state index contributed by atoms with van der Waals surface area (Å²) in [4.78, 5) is 0. The van der Waals surface area contributed by atoms with E-state index in [4.69, 9.17) is 0 Å². The number of rotatable bonds is 17. The second-order valence-electron chi connectivity index (χ2n) is 13.5. The van der Waals surface area contributed by atoms with Crippen LogP contribution in [0.2, 0.25) is 0 Å². The predicted octanol–water partition coefficient (Wildman–Crippen LogP) is 10.0. The van der Waals surface area contributed by atoms with E-state index in [9.17, 15) is 0 Å². The summed E-state index contributed by atoms with van der Waals surface area (Å²) in [5.74, 6) is 0. The van der Waals surface area contributed by atoms with Crippen molar-refractivity contribution in [3.63, 3.8) is 0 Å². The van der Waals surface area contributed by atoms with Gasteiger partial charge in [0.25, 0.3) is 0 Å². The van der Waals surface area contributed by atoms with Crippen LogP contribution in [-0.4, -0.2) is 12.3 Å². The molecule has 6 aromatic carbocycles. The molecule has 0 saturated heterocycles. The minimum absolute atomic E-state index is 1.16. The van der Waals surface area contributed by atoms with Crippen molar-refractivity contribution in [2.24, 2.45) is 0 Å². The SMILES string of the molecule is c1ccc(C[PH](CCCCCCCCC[PH](c2ccccc2)(c2ccccc2)c2ccccc2)(c2ccccc2)c2ccccc2)cc1. The van der Waals surface area contributed by atoms with Crippen molar-refractivity contribution in [1.29, 1.82) is 0 Å². The van der Waals surface area contributed by atoms with Crippen LogP contribution in [0.25, 0.3) is 0 Å². The molecule has 48 heavy (non-hydrogen) atoms. The zero-order chi connectivity index (χ0) is 32.7. The fourth-order valence-corrected chi connectivity index (χ4v) is 17.9. The van der Waals surface area contributed by atoms with Gasteiger partial charge >= 0.3 is 292 Å². The molecule has 0 atom stereocenters. The Kier molecular flexibility index (Phi) is 12.4. The van der Waals surface area contributed by atoms with Crippen LogP contribution in [0.15, 0.2) is 182 Å². The van der Waals surface area contributed by atoms with Crippen molar-refractivity contribution < 1.29 is 0 Å². The first-order valence-electron chi connectivity index (χ1n) is 18.1. The van der Waals surface area contributed by atoms with Crippen LogP contribution in [-0.2, 0) is 6.16 Å². The van der Waals surface area contributed by atoms with Crippen LogP contribution >= 0.6 is 14.5 Å². The average Bonchev–Trinajstić information content (AvgIpc) is 3.17. The van der Waals surface area contributed by atoms with Crippen molar-refractivity contribution in [1.82, 2.24) is 0 Å². The van der Waals surface area contributed by atoms with Gasteiger partial charge < -0.3 is 0 Å². The van der Waals surface area contributed by atoms with Gasteiger partial charge in [0, 0.05) is 0 Å². The molecule has 0 fully saturated rings.